The van der Waals surface area contributed by atoms with Gasteiger partial charge in [-0.1, -0.05) is 18.2 Å². The van der Waals surface area contributed by atoms with E-state index >= 15 is 0 Å². The number of morpholine rings is 1. The molecule has 0 unspecified atom stereocenters. The van der Waals surface area contributed by atoms with Crippen LogP contribution in [0.25, 0.3) is 33.5 Å². The van der Waals surface area contributed by atoms with Crippen LogP contribution in [0.1, 0.15) is 5.56 Å². The number of para-hydroxylation sites is 1. The van der Waals surface area contributed by atoms with E-state index in [1.807, 2.05) is 36.4 Å². The van der Waals surface area contributed by atoms with Crippen molar-refractivity contribution < 1.29 is 23.4 Å². The minimum absolute atomic E-state index is 0.0484. The van der Waals surface area contributed by atoms with Crippen LogP contribution in [-0.2, 0) is 9.53 Å². The van der Waals surface area contributed by atoms with Gasteiger partial charge in [0.15, 0.2) is 12.4 Å². The lowest BCUT2D eigenvalue weighted by Crippen LogP contribution is -2.43. The summed E-state index contributed by atoms with van der Waals surface area (Å²) in [4.78, 5) is 32.5. The number of benzene rings is 3. The topological polar surface area (TPSA) is 108 Å². The van der Waals surface area contributed by atoms with E-state index in [9.17, 15) is 9.59 Å². The molecule has 11 heteroatoms. The largest absolute Gasteiger partial charge is 0.496 e. The number of hydrogen-bond donors (Lipinski definition) is 0. The predicted molar refractivity (Wildman–Crippen MR) is 163 cm³/mol. The van der Waals surface area contributed by atoms with Crippen molar-refractivity contribution in [2.45, 2.75) is 0 Å². The van der Waals surface area contributed by atoms with E-state index < -0.39 is 0 Å². The molecule has 1 aliphatic heterocycles. The van der Waals surface area contributed by atoms with Gasteiger partial charge in [0.2, 0.25) is 5.82 Å². The number of methoxy groups -OCH3 is 1. The average molecular weight is 664 g/mol. The number of hydrogen-bond acceptors (Lipinski definition) is 8. The molecule has 0 atom stereocenters. The van der Waals surface area contributed by atoms with Crippen molar-refractivity contribution in [3.63, 3.8) is 0 Å². The molecule has 1 aliphatic rings. The minimum Gasteiger partial charge on any atom is -0.496 e. The van der Waals surface area contributed by atoms with Crippen LogP contribution < -0.4 is 15.0 Å². The van der Waals surface area contributed by atoms with Gasteiger partial charge < -0.3 is 23.5 Å². The maximum absolute atomic E-state index is 13.6. The summed E-state index contributed by atoms with van der Waals surface area (Å²) in [5.74, 6) is 1.81. The first-order valence-electron chi connectivity index (χ1n) is 12.9. The third kappa shape index (κ3) is 5.55. The van der Waals surface area contributed by atoms with E-state index in [2.05, 4.69) is 27.7 Å². The van der Waals surface area contributed by atoms with Crippen LogP contribution in [0.3, 0.4) is 0 Å². The standard InChI is InChI=1S/C30H25IN4O6/c1-38-24-7-4-8-25-21(24)16-27(41-25)29-33-23-6-3-2-5-20(23)30(37)35(29)32-17-19-9-10-26(22(31)15-19)40-18-28(36)34-11-13-39-14-12-34/h2-10,15-17H,11-14,18H2,1H3. The highest BCUT2D eigenvalue weighted by Crippen LogP contribution is 2.33. The van der Waals surface area contributed by atoms with Crippen LogP contribution in [0.15, 0.2) is 81.0 Å². The van der Waals surface area contributed by atoms with Crippen molar-refractivity contribution >= 4 is 56.6 Å². The lowest BCUT2D eigenvalue weighted by atomic mass is 10.2. The molecular weight excluding hydrogens is 639 g/mol. The van der Waals surface area contributed by atoms with Gasteiger partial charge in [0, 0.05) is 13.1 Å². The fraction of sp³-hybridized carbons (Fsp3) is 0.200. The molecule has 0 bridgehead atoms. The monoisotopic (exact) mass is 664 g/mol. The van der Waals surface area contributed by atoms with Crippen LogP contribution in [0, 0.1) is 3.57 Å². The van der Waals surface area contributed by atoms with E-state index in [-0.39, 0.29) is 23.9 Å². The van der Waals surface area contributed by atoms with Crippen molar-refractivity contribution in [2.24, 2.45) is 5.10 Å². The quantitative estimate of drug-likeness (QED) is 0.186. The van der Waals surface area contributed by atoms with E-state index in [1.54, 1.807) is 48.6 Å². The zero-order chi connectivity index (χ0) is 28.3. The maximum atomic E-state index is 13.6. The molecule has 208 valence electrons. The van der Waals surface area contributed by atoms with Crippen molar-refractivity contribution in [1.29, 1.82) is 0 Å². The van der Waals surface area contributed by atoms with Crippen LogP contribution in [0.2, 0.25) is 0 Å². The first-order chi connectivity index (χ1) is 20.0. The van der Waals surface area contributed by atoms with Crippen molar-refractivity contribution in [1.82, 2.24) is 14.6 Å². The summed E-state index contributed by atoms with van der Waals surface area (Å²) in [6.45, 7) is 2.18. The van der Waals surface area contributed by atoms with Gasteiger partial charge in [0.25, 0.3) is 11.5 Å². The van der Waals surface area contributed by atoms with Crippen molar-refractivity contribution in [2.75, 3.05) is 40.0 Å². The normalized spacial score (nSPS) is 13.8. The average Bonchev–Trinajstić information content (AvgIpc) is 3.45. The third-order valence-corrected chi connectivity index (χ3v) is 7.55. The Kier molecular flexibility index (Phi) is 7.70. The Morgan fingerprint density at radius 2 is 1.88 bits per heavy atom. The molecule has 3 heterocycles. The van der Waals surface area contributed by atoms with Crippen LogP contribution in [0.5, 0.6) is 11.5 Å². The second-order valence-electron chi connectivity index (χ2n) is 9.27. The summed E-state index contributed by atoms with van der Waals surface area (Å²) >= 11 is 2.15. The number of ether oxygens (including phenoxy) is 3. The fourth-order valence-corrected chi connectivity index (χ4v) is 5.29. The highest BCUT2D eigenvalue weighted by atomic mass is 127. The second kappa shape index (κ2) is 11.7. The van der Waals surface area contributed by atoms with E-state index in [0.29, 0.717) is 60.0 Å². The van der Waals surface area contributed by atoms with Gasteiger partial charge in [-0.3, -0.25) is 9.59 Å². The Morgan fingerprint density at radius 3 is 2.68 bits per heavy atom. The van der Waals surface area contributed by atoms with Gasteiger partial charge in [-0.25, -0.2) is 4.98 Å². The lowest BCUT2D eigenvalue weighted by Gasteiger charge is -2.26. The second-order valence-corrected chi connectivity index (χ2v) is 10.4. The summed E-state index contributed by atoms with van der Waals surface area (Å²) in [5.41, 5.74) is 1.55. The lowest BCUT2D eigenvalue weighted by molar-refractivity contribution is -0.137. The molecule has 0 spiro atoms. The Morgan fingerprint density at radius 1 is 1.05 bits per heavy atom. The summed E-state index contributed by atoms with van der Waals surface area (Å²) in [6.07, 6.45) is 1.58. The zero-order valence-corrected chi connectivity index (χ0v) is 24.2. The molecule has 0 N–H and O–H groups in total. The fourth-order valence-electron chi connectivity index (χ4n) is 4.60. The van der Waals surface area contributed by atoms with Gasteiger partial charge >= 0.3 is 0 Å². The number of aromatic nitrogens is 2. The molecule has 1 saturated heterocycles. The molecule has 0 radical (unpaired) electrons. The first kappa shape index (κ1) is 27.0. The SMILES string of the molecule is COc1cccc2oc(-c3nc4ccccc4c(=O)n3N=Cc3ccc(OCC(=O)N4CCOCC4)c(I)c3)cc12. The highest BCUT2D eigenvalue weighted by molar-refractivity contribution is 14.1. The number of nitrogens with zero attached hydrogens (tertiary/aromatic N) is 4. The molecule has 0 aliphatic carbocycles. The molecule has 6 rings (SSSR count). The minimum atomic E-state index is -0.328. The molecular formula is C30H25IN4O6. The van der Waals surface area contributed by atoms with Crippen molar-refractivity contribution in [3.05, 3.63) is 86.2 Å². The molecule has 1 fully saturated rings. The number of rotatable bonds is 7. The summed E-state index contributed by atoms with van der Waals surface area (Å²) < 4.78 is 24.7. The Bertz CT molecular complexity index is 1840. The number of carbonyl (C=O) groups excluding carboxylic acids is 1. The van der Waals surface area contributed by atoms with Crippen molar-refractivity contribution in [3.8, 4) is 23.1 Å². The Labute approximate surface area is 248 Å². The summed E-state index contributed by atoms with van der Waals surface area (Å²) in [6, 6.07) is 19.9. The molecule has 5 aromatic rings. The Balaban J connectivity index is 1.31. The maximum Gasteiger partial charge on any atom is 0.282 e. The van der Waals surface area contributed by atoms with Crippen LogP contribution in [-0.4, -0.2) is 66.7 Å². The number of fused-ring (bicyclic) bond motifs is 2. The van der Waals surface area contributed by atoms with Gasteiger partial charge in [-0.05, 0) is 76.7 Å². The summed E-state index contributed by atoms with van der Waals surface area (Å²) in [7, 11) is 1.59. The third-order valence-electron chi connectivity index (χ3n) is 6.71. The van der Waals surface area contributed by atoms with Gasteiger partial charge in [-0.15, -0.1) is 0 Å². The van der Waals surface area contributed by atoms with Crippen LogP contribution in [0.4, 0.5) is 0 Å². The summed E-state index contributed by atoms with van der Waals surface area (Å²) in [5, 5.41) is 5.73. The van der Waals surface area contributed by atoms with Gasteiger partial charge in [0.05, 0.1) is 46.4 Å². The van der Waals surface area contributed by atoms with E-state index in [4.69, 9.17) is 23.6 Å². The zero-order valence-electron chi connectivity index (χ0n) is 22.1. The number of amides is 1. The Hall–Kier alpha value is -4.23. The molecule has 10 nitrogen and oxygen atoms in total. The van der Waals surface area contributed by atoms with E-state index in [1.165, 1.54) is 4.68 Å². The molecule has 2 aromatic heterocycles. The molecule has 1 amide bonds. The number of halogens is 1. The number of carbonyl (C=O) groups is 1. The highest BCUT2D eigenvalue weighted by Gasteiger charge is 2.19. The first-order valence-corrected chi connectivity index (χ1v) is 14.0. The number of furan rings is 1. The van der Waals surface area contributed by atoms with Gasteiger partial charge in [0.1, 0.15) is 17.1 Å². The molecule has 3 aromatic carbocycles. The van der Waals surface area contributed by atoms with Gasteiger partial charge in [-0.2, -0.15) is 9.78 Å². The van der Waals surface area contributed by atoms with Crippen LogP contribution >= 0.6 is 22.6 Å². The molecule has 0 saturated carbocycles. The predicted octanol–water partition coefficient (Wildman–Crippen LogP) is 4.54. The smallest absolute Gasteiger partial charge is 0.282 e. The molecule has 41 heavy (non-hydrogen) atoms. The van der Waals surface area contributed by atoms with E-state index in [0.717, 1.165) is 14.5 Å².